The van der Waals surface area contributed by atoms with Crippen LogP contribution in [-0.4, -0.2) is 27.7 Å². The maximum absolute atomic E-state index is 14.6. The van der Waals surface area contributed by atoms with Crippen LogP contribution in [0.2, 0.25) is 0 Å². The first kappa shape index (κ1) is 19.6. The van der Waals surface area contributed by atoms with Crippen molar-refractivity contribution in [3.8, 4) is 11.8 Å². The summed E-state index contributed by atoms with van der Waals surface area (Å²) >= 11 is 0. The number of nitrogens with zero attached hydrogens (tertiary/aromatic N) is 3. The van der Waals surface area contributed by atoms with Crippen molar-refractivity contribution in [2.45, 2.75) is 24.5 Å². The largest absolute Gasteiger partial charge is 0.497 e. The molecule has 0 aliphatic carbocycles. The number of imidazole rings is 1. The maximum atomic E-state index is 14.6. The number of carbonyl (C=O) groups is 1. The molecule has 1 aliphatic rings. The number of carbonyl (C=O) groups excluding carboxylic acids is 1. The van der Waals surface area contributed by atoms with Crippen molar-refractivity contribution in [3.05, 3.63) is 77.6 Å². The average Bonchev–Trinajstić information content (AvgIpc) is 3.32. The second kappa shape index (κ2) is 7.61. The molecule has 0 fully saturated rings. The van der Waals surface area contributed by atoms with Crippen molar-refractivity contribution in [2.24, 2.45) is 0 Å². The number of amides is 1. The molecule has 3 aromatic rings. The van der Waals surface area contributed by atoms with Gasteiger partial charge in [0, 0.05) is 17.7 Å². The van der Waals surface area contributed by atoms with Crippen molar-refractivity contribution < 1.29 is 19.0 Å². The maximum Gasteiger partial charge on any atom is 0.227 e. The molecule has 2 heterocycles. The zero-order valence-electron chi connectivity index (χ0n) is 16.2. The number of hydrogen-bond acceptors (Lipinski definition) is 5. The Kier molecular flexibility index (Phi) is 4.98. The Labute approximate surface area is 172 Å². The lowest BCUT2D eigenvalue weighted by atomic mass is 9.90. The van der Waals surface area contributed by atoms with Gasteiger partial charge in [-0.3, -0.25) is 4.79 Å². The highest BCUT2D eigenvalue weighted by atomic mass is 19.1. The first-order valence-corrected chi connectivity index (χ1v) is 9.31. The summed E-state index contributed by atoms with van der Waals surface area (Å²) in [6.45, 7) is 0. The number of rotatable bonds is 5. The van der Waals surface area contributed by atoms with Crippen LogP contribution in [0.4, 0.5) is 10.1 Å². The molecule has 30 heavy (non-hydrogen) atoms. The lowest BCUT2D eigenvalue weighted by molar-refractivity contribution is -0.121. The van der Waals surface area contributed by atoms with Crippen molar-refractivity contribution in [2.75, 3.05) is 12.4 Å². The summed E-state index contributed by atoms with van der Waals surface area (Å²) in [6, 6.07) is 12.4. The number of aromatic nitrogens is 2. The summed E-state index contributed by atoms with van der Waals surface area (Å²) in [5.74, 6) is -0.249. The van der Waals surface area contributed by atoms with Gasteiger partial charge in [0.05, 0.1) is 49.4 Å². The number of hydrogen-bond donors (Lipinski definition) is 2. The minimum absolute atomic E-state index is 0.115. The second-order valence-electron chi connectivity index (χ2n) is 7.24. The van der Waals surface area contributed by atoms with Crippen LogP contribution in [0.1, 0.15) is 35.7 Å². The first-order valence-electron chi connectivity index (χ1n) is 9.31. The van der Waals surface area contributed by atoms with Crippen LogP contribution in [0.5, 0.6) is 5.75 Å². The fraction of sp³-hybridized carbons (Fsp3) is 0.227. The zero-order valence-corrected chi connectivity index (χ0v) is 16.2. The van der Waals surface area contributed by atoms with E-state index in [9.17, 15) is 14.3 Å². The summed E-state index contributed by atoms with van der Waals surface area (Å²) < 4.78 is 21.4. The van der Waals surface area contributed by atoms with E-state index in [1.807, 2.05) is 6.07 Å². The van der Waals surface area contributed by atoms with Crippen molar-refractivity contribution in [3.63, 3.8) is 0 Å². The molecule has 7 nitrogen and oxygen atoms in total. The fourth-order valence-corrected chi connectivity index (χ4v) is 3.87. The summed E-state index contributed by atoms with van der Waals surface area (Å²) in [5.41, 5.74) is 0.0682. The van der Waals surface area contributed by atoms with E-state index in [1.54, 1.807) is 35.9 Å². The summed E-state index contributed by atoms with van der Waals surface area (Å²) in [7, 11) is 1.56. The van der Waals surface area contributed by atoms with Crippen LogP contribution in [0.15, 0.2) is 55.0 Å². The Hall–Kier alpha value is -3.70. The molecule has 0 unspecified atom stereocenters. The molecular formula is C22H19FN4O3. The molecular weight excluding hydrogens is 387 g/mol. The van der Waals surface area contributed by atoms with Gasteiger partial charge in [0.25, 0.3) is 0 Å². The lowest BCUT2D eigenvalue weighted by Gasteiger charge is -2.22. The number of nitrogens with one attached hydrogen (secondary N) is 1. The number of nitriles is 1. The third-order valence-electron chi connectivity index (χ3n) is 5.32. The third-order valence-corrected chi connectivity index (χ3v) is 5.32. The minimum atomic E-state index is -1.50. The molecule has 8 heteroatoms. The highest BCUT2D eigenvalue weighted by Crippen LogP contribution is 2.45. The molecule has 1 amide bonds. The SMILES string of the molecule is COc1ccc(NC(=O)C[C@@]2(O)C[C@H](c3ccc(C#N)cc3F)n3cncc32)cc1. The van der Waals surface area contributed by atoms with Gasteiger partial charge in [-0.1, -0.05) is 6.07 Å². The van der Waals surface area contributed by atoms with E-state index >= 15 is 0 Å². The smallest absolute Gasteiger partial charge is 0.227 e. The van der Waals surface area contributed by atoms with E-state index in [1.165, 1.54) is 30.7 Å². The second-order valence-corrected chi connectivity index (χ2v) is 7.24. The van der Waals surface area contributed by atoms with Crippen LogP contribution in [-0.2, 0) is 10.4 Å². The molecule has 2 atom stereocenters. The molecule has 0 radical (unpaired) electrons. The summed E-state index contributed by atoms with van der Waals surface area (Å²) in [6.07, 6.45) is 2.90. The molecule has 4 rings (SSSR count). The molecule has 2 aromatic carbocycles. The molecule has 0 saturated heterocycles. The predicted octanol–water partition coefficient (Wildman–Crippen LogP) is 3.11. The van der Waals surface area contributed by atoms with E-state index in [0.29, 0.717) is 22.7 Å². The molecule has 1 aliphatic heterocycles. The van der Waals surface area contributed by atoms with Crippen LogP contribution in [0.3, 0.4) is 0 Å². The Bertz CT molecular complexity index is 1140. The molecule has 2 N–H and O–H groups in total. The zero-order chi connectivity index (χ0) is 21.3. The summed E-state index contributed by atoms with van der Waals surface area (Å²) in [4.78, 5) is 16.7. The van der Waals surface area contributed by atoms with E-state index < -0.39 is 17.5 Å². The van der Waals surface area contributed by atoms with Gasteiger partial charge in [0.15, 0.2) is 0 Å². The Morgan fingerprint density at radius 3 is 2.83 bits per heavy atom. The molecule has 1 aromatic heterocycles. The lowest BCUT2D eigenvalue weighted by Crippen LogP contribution is -2.29. The number of fused-ring (bicyclic) bond motifs is 1. The quantitative estimate of drug-likeness (QED) is 0.678. The van der Waals surface area contributed by atoms with Crippen molar-refractivity contribution in [1.29, 1.82) is 5.26 Å². The highest BCUT2D eigenvalue weighted by molar-refractivity contribution is 5.91. The van der Waals surface area contributed by atoms with Crippen LogP contribution in [0.25, 0.3) is 0 Å². The Morgan fingerprint density at radius 1 is 1.40 bits per heavy atom. The number of halogens is 1. The van der Waals surface area contributed by atoms with Gasteiger partial charge < -0.3 is 19.7 Å². The number of methoxy groups -OCH3 is 1. The van der Waals surface area contributed by atoms with Crippen LogP contribution < -0.4 is 10.1 Å². The molecule has 0 saturated carbocycles. The van der Waals surface area contributed by atoms with Gasteiger partial charge in [-0.2, -0.15) is 5.26 Å². The van der Waals surface area contributed by atoms with Crippen molar-refractivity contribution in [1.82, 2.24) is 9.55 Å². The van der Waals surface area contributed by atoms with Gasteiger partial charge in [-0.25, -0.2) is 9.37 Å². The van der Waals surface area contributed by atoms with Gasteiger partial charge in [0.2, 0.25) is 5.91 Å². The number of benzene rings is 2. The first-order chi connectivity index (χ1) is 14.4. The van der Waals surface area contributed by atoms with Crippen LogP contribution >= 0.6 is 0 Å². The minimum Gasteiger partial charge on any atom is -0.497 e. The van der Waals surface area contributed by atoms with Gasteiger partial charge in [-0.05, 0) is 36.4 Å². The fourth-order valence-electron chi connectivity index (χ4n) is 3.87. The highest BCUT2D eigenvalue weighted by Gasteiger charge is 2.45. The van der Waals surface area contributed by atoms with Crippen LogP contribution in [0, 0.1) is 17.1 Å². The number of aliphatic hydroxyl groups is 1. The number of anilines is 1. The van der Waals surface area contributed by atoms with Gasteiger partial charge >= 0.3 is 0 Å². The molecule has 0 spiro atoms. The van der Waals surface area contributed by atoms with Gasteiger partial charge in [0.1, 0.15) is 17.2 Å². The summed E-state index contributed by atoms with van der Waals surface area (Å²) in [5, 5.41) is 23.0. The third kappa shape index (κ3) is 3.51. The van der Waals surface area contributed by atoms with E-state index in [0.717, 1.165) is 0 Å². The average molecular weight is 406 g/mol. The predicted molar refractivity (Wildman–Crippen MR) is 106 cm³/mol. The van der Waals surface area contributed by atoms with E-state index in [4.69, 9.17) is 10.00 Å². The topological polar surface area (TPSA) is 100 Å². The monoisotopic (exact) mass is 406 g/mol. The Morgan fingerprint density at radius 2 is 2.17 bits per heavy atom. The molecule has 152 valence electrons. The van der Waals surface area contributed by atoms with Crippen molar-refractivity contribution >= 4 is 11.6 Å². The van der Waals surface area contributed by atoms with E-state index in [2.05, 4.69) is 10.3 Å². The normalized spacial score (nSPS) is 19.7. The standard InChI is InChI=1S/C22H19FN4O3/c1-30-16-5-3-15(4-6-16)26-21(28)10-22(29)9-19(27-13-25-12-20(22)27)17-7-2-14(11-24)8-18(17)23/h2-8,12-13,19,29H,9-10H2,1H3,(H,26,28)/t19-,22+/m1/s1. The molecule has 0 bridgehead atoms. The Balaban J connectivity index is 1.55. The van der Waals surface area contributed by atoms with Gasteiger partial charge in [-0.15, -0.1) is 0 Å². The number of ether oxygens (including phenoxy) is 1. The van der Waals surface area contributed by atoms with E-state index in [-0.39, 0.29) is 24.3 Å².